The van der Waals surface area contributed by atoms with Crippen molar-refractivity contribution < 1.29 is 24.1 Å². The summed E-state index contributed by atoms with van der Waals surface area (Å²) >= 11 is 5.81. The van der Waals surface area contributed by atoms with E-state index in [-0.39, 0.29) is 23.0 Å². The topological polar surface area (TPSA) is 163 Å². The molecule has 1 heterocycles. The van der Waals surface area contributed by atoms with Crippen LogP contribution in [0.15, 0.2) is 42.5 Å². The minimum atomic E-state index is -0.949. The Bertz CT molecular complexity index is 1130. The molecule has 30 heavy (non-hydrogen) atoms. The number of benzene rings is 2. The molecule has 0 unspecified atom stereocenters. The van der Waals surface area contributed by atoms with Crippen LogP contribution in [0.3, 0.4) is 0 Å². The van der Waals surface area contributed by atoms with Crippen LogP contribution in [0.1, 0.15) is 10.5 Å². The van der Waals surface area contributed by atoms with Crippen molar-refractivity contribution in [3.63, 3.8) is 0 Å². The van der Waals surface area contributed by atoms with Crippen molar-refractivity contribution in [1.82, 2.24) is 10.2 Å². The number of rotatable bonds is 7. The molecular formula is C17H12ClN5O7. The standard InChI is InChI=1S/C17H12ClN5O7/c1-29-17-15(23(27)28)14(20-21-17)16(24)19-10-6-11(22(25)26)8-13(7-10)30-12-4-2-9(18)3-5-12/h2-8H,1H3,(H,19,24)(H,20,21). The van der Waals surface area contributed by atoms with Crippen molar-refractivity contribution in [2.75, 3.05) is 12.4 Å². The van der Waals surface area contributed by atoms with Crippen LogP contribution >= 0.6 is 11.6 Å². The number of halogens is 1. The van der Waals surface area contributed by atoms with E-state index in [0.717, 1.165) is 19.2 Å². The lowest BCUT2D eigenvalue weighted by molar-refractivity contribution is -0.386. The smallest absolute Gasteiger partial charge is 0.362 e. The molecule has 1 amide bonds. The zero-order valence-electron chi connectivity index (χ0n) is 15.1. The third kappa shape index (κ3) is 4.44. The summed E-state index contributed by atoms with van der Waals surface area (Å²) in [6.07, 6.45) is 0. The minimum Gasteiger partial charge on any atom is -0.475 e. The molecule has 1 aromatic heterocycles. The van der Waals surface area contributed by atoms with E-state index >= 15 is 0 Å². The number of hydrogen-bond donors (Lipinski definition) is 2. The molecule has 0 fully saturated rings. The Morgan fingerprint density at radius 3 is 2.40 bits per heavy atom. The molecule has 0 spiro atoms. The van der Waals surface area contributed by atoms with Crippen LogP contribution in [0.25, 0.3) is 0 Å². The molecule has 0 aliphatic carbocycles. The number of ether oxygens (including phenoxy) is 2. The third-order valence-corrected chi connectivity index (χ3v) is 3.97. The number of non-ortho nitro benzene ring substituents is 1. The highest BCUT2D eigenvalue weighted by Crippen LogP contribution is 2.32. The second-order valence-corrected chi connectivity index (χ2v) is 6.13. The molecule has 0 aliphatic rings. The van der Waals surface area contributed by atoms with Crippen LogP contribution in [0.5, 0.6) is 17.4 Å². The Morgan fingerprint density at radius 2 is 1.80 bits per heavy atom. The lowest BCUT2D eigenvalue weighted by atomic mass is 10.2. The normalized spacial score (nSPS) is 10.3. The Balaban J connectivity index is 1.92. The van der Waals surface area contributed by atoms with Crippen LogP contribution in [-0.2, 0) is 0 Å². The third-order valence-electron chi connectivity index (χ3n) is 3.72. The fourth-order valence-corrected chi connectivity index (χ4v) is 2.57. The number of aromatic amines is 1. The molecule has 0 radical (unpaired) electrons. The molecule has 154 valence electrons. The number of carbonyl (C=O) groups excluding carboxylic acids is 1. The van der Waals surface area contributed by atoms with Crippen molar-refractivity contribution in [3.8, 4) is 17.4 Å². The summed E-state index contributed by atoms with van der Waals surface area (Å²) in [6, 6.07) is 9.81. The van der Waals surface area contributed by atoms with Gasteiger partial charge in [-0.2, -0.15) is 0 Å². The Kier molecular flexibility index (Phi) is 5.78. The maximum atomic E-state index is 12.5. The second-order valence-electron chi connectivity index (χ2n) is 5.70. The summed E-state index contributed by atoms with van der Waals surface area (Å²) in [5.74, 6) is -0.920. The quantitative estimate of drug-likeness (QED) is 0.418. The summed E-state index contributed by atoms with van der Waals surface area (Å²) in [6.45, 7) is 0. The fraction of sp³-hybridized carbons (Fsp3) is 0.0588. The van der Waals surface area contributed by atoms with Crippen LogP contribution in [0.2, 0.25) is 5.02 Å². The average molecular weight is 434 g/mol. The van der Waals surface area contributed by atoms with E-state index in [9.17, 15) is 25.0 Å². The van der Waals surface area contributed by atoms with Gasteiger partial charge in [-0.1, -0.05) is 11.6 Å². The SMILES string of the molecule is COc1n[nH]c(C(=O)Nc2cc(Oc3ccc(Cl)cc3)cc([N+](=O)[O-])c2)c1[N+](=O)[O-]. The van der Waals surface area contributed by atoms with Gasteiger partial charge in [-0.25, -0.2) is 0 Å². The van der Waals surface area contributed by atoms with Crippen molar-refractivity contribution in [2.45, 2.75) is 0 Å². The highest BCUT2D eigenvalue weighted by Gasteiger charge is 2.30. The number of anilines is 1. The fourth-order valence-electron chi connectivity index (χ4n) is 2.44. The number of H-pyrrole nitrogens is 1. The number of nitro benzene ring substituents is 1. The Labute approximate surface area is 172 Å². The largest absolute Gasteiger partial charge is 0.475 e. The van der Waals surface area contributed by atoms with Gasteiger partial charge < -0.3 is 14.8 Å². The van der Waals surface area contributed by atoms with Gasteiger partial charge in [0.2, 0.25) is 5.69 Å². The number of methoxy groups -OCH3 is 1. The molecule has 0 saturated heterocycles. The van der Waals surface area contributed by atoms with E-state index in [1.165, 1.54) is 6.07 Å². The number of aromatic nitrogens is 2. The number of nitrogens with one attached hydrogen (secondary N) is 2. The van der Waals surface area contributed by atoms with Gasteiger partial charge in [0.25, 0.3) is 11.6 Å². The maximum absolute atomic E-state index is 12.5. The number of nitrogens with zero attached hydrogens (tertiary/aromatic N) is 3. The molecule has 2 N–H and O–H groups in total. The van der Waals surface area contributed by atoms with Crippen LogP contribution < -0.4 is 14.8 Å². The predicted molar refractivity (Wildman–Crippen MR) is 104 cm³/mol. The van der Waals surface area contributed by atoms with Crippen LogP contribution in [0, 0.1) is 20.2 Å². The molecule has 0 saturated carbocycles. The Hall–Kier alpha value is -4.19. The lowest BCUT2D eigenvalue weighted by Gasteiger charge is -2.09. The zero-order chi connectivity index (χ0) is 21.8. The highest BCUT2D eigenvalue weighted by molar-refractivity contribution is 6.30. The summed E-state index contributed by atoms with van der Waals surface area (Å²) < 4.78 is 10.3. The molecule has 0 atom stereocenters. The van der Waals surface area contributed by atoms with Crippen molar-refractivity contribution in [3.05, 3.63) is 73.4 Å². The minimum absolute atomic E-state index is 0.0268. The average Bonchev–Trinajstić information content (AvgIpc) is 3.14. The highest BCUT2D eigenvalue weighted by atomic mass is 35.5. The van der Waals surface area contributed by atoms with E-state index in [2.05, 4.69) is 15.5 Å². The lowest BCUT2D eigenvalue weighted by Crippen LogP contribution is -2.14. The summed E-state index contributed by atoms with van der Waals surface area (Å²) in [7, 11) is 1.16. The maximum Gasteiger partial charge on any atom is 0.362 e. The number of nitro groups is 2. The van der Waals surface area contributed by atoms with Gasteiger partial charge in [-0.05, 0) is 24.3 Å². The van der Waals surface area contributed by atoms with E-state index in [0.29, 0.717) is 10.8 Å². The molecule has 0 aliphatic heterocycles. The first-order chi connectivity index (χ1) is 14.3. The van der Waals surface area contributed by atoms with Gasteiger partial charge in [0, 0.05) is 17.2 Å². The number of carbonyl (C=O) groups is 1. The van der Waals surface area contributed by atoms with Gasteiger partial charge in [0.15, 0.2) is 0 Å². The van der Waals surface area contributed by atoms with Gasteiger partial charge in [0.05, 0.1) is 28.7 Å². The van der Waals surface area contributed by atoms with Gasteiger partial charge in [0.1, 0.15) is 11.5 Å². The second kappa shape index (κ2) is 8.45. The van der Waals surface area contributed by atoms with Crippen molar-refractivity contribution >= 4 is 34.6 Å². The first-order valence-corrected chi connectivity index (χ1v) is 8.47. The molecule has 3 aromatic rings. The molecular weight excluding hydrogens is 422 g/mol. The van der Waals surface area contributed by atoms with Crippen molar-refractivity contribution in [2.24, 2.45) is 0 Å². The van der Waals surface area contributed by atoms with Gasteiger partial charge >= 0.3 is 11.6 Å². The monoisotopic (exact) mass is 433 g/mol. The summed E-state index contributed by atoms with van der Waals surface area (Å²) in [5, 5.41) is 31.0. The molecule has 3 rings (SSSR count). The molecule has 0 bridgehead atoms. The van der Waals surface area contributed by atoms with E-state index in [4.69, 9.17) is 21.1 Å². The van der Waals surface area contributed by atoms with Gasteiger partial charge in [-0.15, -0.1) is 5.10 Å². The number of amides is 1. The zero-order valence-corrected chi connectivity index (χ0v) is 15.9. The summed E-state index contributed by atoms with van der Waals surface area (Å²) in [4.78, 5) is 33.4. The van der Waals surface area contributed by atoms with E-state index in [1.807, 2.05) is 0 Å². The van der Waals surface area contributed by atoms with Crippen molar-refractivity contribution in [1.29, 1.82) is 0 Å². The van der Waals surface area contributed by atoms with E-state index in [1.54, 1.807) is 24.3 Å². The number of hydrogen-bond acceptors (Lipinski definition) is 8. The predicted octanol–water partition coefficient (Wildman–Crippen LogP) is 3.93. The first kappa shape index (κ1) is 20.5. The first-order valence-electron chi connectivity index (χ1n) is 8.09. The van der Waals surface area contributed by atoms with Crippen LogP contribution in [-0.4, -0.2) is 33.1 Å². The summed E-state index contributed by atoms with van der Waals surface area (Å²) in [5.41, 5.74) is -1.55. The van der Waals surface area contributed by atoms with Crippen LogP contribution in [0.4, 0.5) is 17.1 Å². The van der Waals surface area contributed by atoms with Gasteiger partial charge in [-0.3, -0.25) is 30.1 Å². The van der Waals surface area contributed by atoms with E-state index < -0.39 is 27.1 Å². The Morgan fingerprint density at radius 1 is 1.10 bits per heavy atom. The molecule has 12 nitrogen and oxygen atoms in total. The molecule has 2 aromatic carbocycles. The molecule has 13 heteroatoms.